The fraction of sp³-hybridized carbons (Fsp3) is 0.318. The summed E-state index contributed by atoms with van der Waals surface area (Å²) >= 11 is 0. The number of nitro groups is 1. The van der Waals surface area contributed by atoms with Crippen molar-refractivity contribution in [2.24, 2.45) is 0 Å². The standard InChI is InChI=1S/C22H21N3O6/c1-13-11-15(25(29)30)7-9-17(13)19-10-8-16(31-19)12-18-20(26)23-22(28)24(21(18)27)14-5-3-2-4-6-14/h7-12,14H,2-6H2,1H3,(H,23,26,28). The fourth-order valence-electron chi connectivity index (χ4n) is 4.10. The van der Waals surface area contributed by atoms with Crippen molar-refractivity contribution in [1.82, 2.24) is 10.2 Å². The largest absolute Gasteiger partial charge is 0.457 e. The number of nitrogens with one attached hydrogen (secondary N) is 1. The Morgan fingerprint density at radius 1 is 1.13 bits per heavy atom. The van der Waals surface area contributed by atoms with Gasteiger partial charge in [-0.2, -0.15) is 0 Å². The third-order valence-electron chi connectivity index (χ3n) is 5.67. The first-order chi connectivity index (χ1) is 14.8. The third-order valence-corrected chi connectivity index (χ3v) is 5.67. The number of non-ortho nitro benzene ring substituents is 1. The number of benzene rings is 1. The van der Waals surface area contributed by atoms with Crippen molar-refractivity contribution in [3.05, 3.63) is 57.3 Å². The number of carbonyl (C=O) groups excluding carboxylic acids is 3. The molecule has 0 spiro atoms. The van der Waals surface area contributed by atoms with Crippen LogP contribution in [0.1, 0.15) is 43.4 Å². The topological polar surface area (TPSA) is 123 Å². The van der Waals surface area contributed by atoms with Crippen molar-refractivity contribution in [2.75, 3.05) is 0 Å². The highest BCUT2D eigenvalue weighted by Gasteiger charge is 2.40. The van der Waals surface area contributed by atoms with E-state index in [-0.39, 0.29) is 23.1 Å². The molecule has 4 rings (SSSR count). The van der Waals surface area contributed by atoms with Crippen LogP contribution >= 0.6 is 0 Å². The van der Waals surface area contributed by atoms with Crippen LogP contribution in [0.25, 0.3) is 17.4 Å². The monoisotopic (exact) mass is 423 g/mol. The summed E-state index contributed by atoms with van der Waals surface area (Å²) in [6.07, 6.45) is 5.72. The maximum atomic E-state index is 13.0. The van der Waals surface area contributed by atoms with Crippen LogP contribution in [0.2, 0.25) is 0 Å². The van der Waals surface area contributed by atoms with E-state index in [2.05, 4.69) is 5.32 Å². The van der Waals surface area contributed by atoms with Gasteiger partial charge in [0.1, 0.15) is 17.1 Å². The summed E-state index contributed by atoms with van der Waals surface area (Å²) in [4.78, 5) is 49.2. The van der Waals surface area contributed by atoms with E-state index in [4.69, 9.17) is 4.42 Å². The van der Waals surface area contributed by atoms with E-state index in [1.165, 1.54) is 18.2 Å². The quantitative estimate of drug-likeness (QED) is 0.344. The zero-order valence-corrected chi connectivity index (χ0v) is 16.9. The van der Waals surface area contributed by atoms with Gasteiger partial charge in [-0.3, -0.25) is 29.9 Å². The molecule has 1 saturated heterocycles. The highest BCUT2D eigenvalue weighted by atomic mass is 16.6. The molecule has 0 atom stereocenters. The number of urea groups is 1. The molecule has 1 aliphatic carbocycles. The van der Waals surface area contributed by atoms with E-state index in [9.17, 15) is 24.5 Å². The molecule has 1 N–H and O–H groups in total. The molecule has 9 heteroatoms. The molecule has 1 aliphatic heterocycles. The van der Waals surface area contributed by atoms with E-state index in [1.807, 2.05) is 0 Å². The van der Waals surface area contributed by atoms with Gasteiger partial charge in [0.05, 0.1) is 4.92 Å². The number of furan rings is 1. The van der Waals surface area contributed by atoms with E-state index < -0.39 is 22.8 Å². The summed E-state index contributed by atoms with van der Waals surface area (Å²) in [6, 6.07) is 6.79. The second-order valence-electron chi connectivity index (χ2n) is 7.74. The van der Waals surface area contributed by atoms with Crippen molar-refractivity contribution in [3.8, 4) is 11.3 Å². The van der Waals surface area contributed by atoms with Crippen LogP contribution < -0.4 is 5.32 Å². The number of amides is 4. The number of barbiturate groups is 1. The smallest absolute Gasteiger partial charge is 0.331 e. The Bertz CT molecular complexity index is 1110. The van der Waals surface area contributed by atoms with Crippen molar-refractivity contribution in [2.45, 2.75) is 45.1 Å². The molecule has 2 aromatic rings. The highest BCUT2D eigenvalue weighted by molar-refractivity contribution is 6.31. The van der Waals surface area contributed by atoms with Crippen molar-refractivity contribution < 1.29 is 23.7 Å². The van der Waals surface area contributed by atoms with Gasteiger partial charge in [-0.25, -0.2) is 4.79 Å². The molecule has 0 radical (unpaired) electrons. The minimum absolute atomic E-state index is 0.0212. The Balaban J connectivity index is 1.62. The third kappa shape index (κ3) is 3.98. The summed E-state index contributed by atoms with van der Waals surface area (Å²) in [6.45, 7) is 1.73. The van der Waals surface area contributed by atoms with Gasteiger partial charge in [0.15, 0.2) is 0 Å². The molecular formula is C22H21N3O6. The van der Waals surface area contributed by atoms with Crippen LogP contribution in [0.15, 0.2) is 40.3 Å². The minimum atomic E-state index is -0.758. The molecule has 1 saturated carbocycles. The Morgan fingerprint density at radius 2 is 1.87 bits per heavy atom. The molecule has 2 heterocycles. The normalized spacial score (nSPS) is 19.1. The van der Waals surface area contributed by atoms with Gasteiger partial charge in [-0.05, 0) is 49.6 Å². The number of rotatable bonds is 4. The Kier molecular flexibility index (Phi) is 5.41. The number of nitrogens with zero attached hydrogens (tertiary/aromatic N) is 2. The minimum Gasteiger partial charge on any atom is -0.457 e. The predicted molar refractivity (Wildman–Crippen MR) is 111 cm³/mol. The molecule has 1 aromatic carbocycles. The summed E-state index contributed by atoms with van der Waals surface area (Å²) in [5.41, 5.74) is 1.13. The molecule has 2 aliphatic rings. The van der Waals surface area contributed by atoms with Crippen LogP contribution in [0.4, 0.5) is 10.5 Å². The first-order valence-corrected chi connectivity index (χ1v) is 10.1. The number of hydrogen-bond acceptors (Lipinski definition) is 6. The average Bonchev–Trinajstić information content (AvgIpc) is 3.20. The highest BCUT2D eigenvalue weighted by Crippen LogP contribution is 2.30. The summed E-state index contributed by atoms with van der Waals surface area (Å²) < 4.78 is 5.78. The van der Waals surface area contributed by atoms with Crippen LogP contribution in [0.3, 0.4) is 0 Å². The first kappa shape index (κ1) is 20.5. The summed E-state index contributed by atoms with van der Waals surface area (Å²) in [7, 11) is 0. The lowest BCUT2D eigenvalue weighted by Gasteiger charge is -2.35. The summed E-state index contributed by atoms with van der Waals surface area (Å²) in [5.74, 6) is -0.663. The molecule has 31 heavy (non-hydrogen) atoms. The van der Waals surface area contributed by atoms with E-state index >= 15 is 0 Å². The number of aryl methyl sites for hydroxylation is 1. The number of hydrogen-bond donors (Lipinski definition) is 1. The lowest BCUT2D eigenvalue weighted by molar-refractivity contribution is -0.384. The Labute approximate surface area is 177 Å². The molecule has 0 unspecified atom stereocenters. The van der Waals surface area contributed by atoms with Crippen LogP contribution in [0, 0.1) is 17.0 Å². The van der Waals surface area contributed by atoms with Crippen molar-refractivity contribution in [3.63, 3.8) is 0 Å². The van der Waals surface area contributed by atoms with Gasteiger partial charge in [-0.15, -0.1) is 0 Å². The van der Waals surface area contributed by atoms with Gasteiger partial charge in [0.2, 0.25) is 0 Å². The molecule has 160 valence electrons. The van der Waals surface area contributed by atoms with Gasteiger partial charge < -0.3 is 4.42 Å². The van der Waals surface area contributed by atoms with Gasteiger partial charge in [0.25, 0.3) is 17.5 Å². The van der Waals surface area contributed by atoms with Crippen LogP contribution in [0.5, 0.6) is 0 Å². The van der Waals surface area contributed by atoms with E-state index in [0.29, 0.717) is 16.9 Å². The fourth-order valence-corrected chi connectivity index (χ4v) is 4.10. The SMILES string of the molecule is Cc1cc([N+](=O)[O-])ccc1-c1ccc(C=C2C(=O)NC(=O)N(C3CCCCC3)C2=O)o1. The van der Waals surface area contributed by atoms with Crippen LogP contribution in [-0.2, 0) is 9.59 Å². The molecular weight excluding hydrogens is 402 g/mol. The maximum Gasteiger partial charge on any atom is 0.331 e. The number of nitro benzene ring substituents is 1. The Morgan fingerprint density at radius 3 is 2.55 bits per heavy atom. The number of imide groups is 2. The van der Waals surface area contributed by atoms with E-state index in [0.717, 1.165) is 37.0 Å². The molecule has 4 amide bonds. The molecule has 9 nitrogen and oxygen atoms in total. The maximum absolute atomic E-state index is 13.0. The average molecular weight is 423 g/mol. The van der Waals surface area contributed by atoms with E-state index in [1.54, 1.807) is 25.1 Å². The molecule has 0 bridgehead atoms. The van der Waals surface area contributed by atoms with Crippen molar-refractivity contribution >= 4 is 29.6 Å². The molecule has 1 aromatic heterocycles. The van der Waals surface area contributed by atoms with Gasteiger partial charge in [0, 0.05) is 23.7 Å². The Hall–Kier alpha value is -3.75. The van der Waals surface area contributed by atoms with Crippen LogP contribution in [-0.4, -0.2) is 33.7 Å². The second-order valence-corrected chi connectivity index (χ2v) is 7.74. The second kappa shape index (κ2) is 8.17. The predicted octanol–water partition coefficient (Wildman–Crippen LogP) is 3.96. The zero-order chi connectivity index (χ0) is 22.1. The summed E-state index contributed by atoms with van der Waals surface area (Å²) in [5, 5.41) is 13.2. The van der Waals surface area contributed by atoms with Gasteiger partial charge in [-0.1, -0.05) is 19.3 Å². The molecule has 2 fully saturated rings. The van der Waals surface area contributed by atoms with Gasteiger partial charge >= 0.3 is 6.03 Å². The lowest BCUT2D eigenvalue weighted by atomic mass is 9.93. The zero-order valence-electron chi connectivity index (χ0n) is 16.9. The number of carbonyl (C=O) groups is 3. The lowest BCUT2D eigenvalue weighted by Crippen LogP contribution is -2.58. The first-order valence-electron chi connectivity index (χ1n) is 10.1. The van der Waals surface area contributed by atoms with Crippen molar-refractivity contribution in [1.29, 1.82) is 0 Å².